The van der Waals surface area contributed by atoms with Crippen LogP contribution in [0.5, 0.6) is 0 Å². The van der Waals surface area contributed by atoms with Crippen molar-refractivity contribution in [3.8, 4) is 0 Å². The van der Waals surface area contributed by atoms with E-state index in [9.17, 15) is 17.6 Å². The largest absolute Gasteiger partial charge is 0.378 e. The van der Waals surface area contributed by atoms with Crippen molar-refractivity contribution >= 4 is 21.6 Å². The van der Waals surface area contributed by atoms with Crippen LogP contribution in [0.4, 0.5) is 23.2 Å². The second-order valence-electron chi connectivity index (χ2n) is 3.81. The molecule has 0 aliphatic heterocycles. The summed E-state index contributed by atoms with van der Waals surface area (Å²) in [6, 6.07) is 5.57. The third-order valence-corrected chi connectivity index (χ3v) is 3.40. The van der Waals surface area contributed by atoms with Crippen molar-refractivity contribution in [1.29, 1.82) is 0 Å². The van der Waals surface area contributed by atoms with E-state index in [1.54, 1.807) is 6.07 Å². The van der Waals surface area contributed by atoms with Gasteiger partial charge in [-0.15, -0.1) is 0 Å². The fourth-order valence-corrected chi connectivity index (χ4v) is 1.94. The Balaban J connectivity index is 2.19. The van der Waals surface area contributed by atoms with Gasteiger partial charge in [0.05, 0.1) is 10.2 Å². The molecule has 0 bridgehead atoms. The van der Waals surface area contributed by atoms with E-state index in [1.807, 2.05) is 0 Å². The number of benzene rings is 2. The average molecular weight is 334 g/mol. The summed E-state index contributed by atoms with van der Waals surface area (Å²) in [4.78, 5) is 0. The van der Waals surface area contributed by atoms with Gasteiger partial charge in [0.25, 0.3) is 0 Å². The third kappa shape index (κ3) is 3.07. The van der Waals surface area contributed by atoms with Gasteiger partial charge in [-0.2, -0.15) is 0 Å². The van der Waals surface area contributed by atoms with E-state index in [4.69, 9.17) is 0 Å². The summed E-state index contributed by atoms with van der Waals surface area (Å²) in [5.41, 5.74) is 0.346. The van der Waals surface area contributed by atoms with Crippen LogP contribution < -0.4 is 5.32 Å². The maximum atomic E-state index is 13.4. The van der Waals surface area contributed by atoms with Crippen molar-refractivity contribution in [2.45, 2.75) is 6.54 Å². The van der Waals surface area contributed by atoms with Gasteiger partial charge < -0.3 is 5.32 Å². The third-order valence-electron chi connectivity index (χ3n) is 2.51. The average Bonchev–Trinajstić information content (AvgIpc) is 2.37. The molecule has 0 aliphatic carbocycles. The molecule has 0 spiro atoms. The number of halogens is 5. The summed E-state index contributed by atoms with van der Waals surface area (Å²) in [6.45, 7) is 0.0698. The maximum absolute atomic E-state index is 13.4. The lowest BCUT2D eigenvalue weighted by molar-refractivity contribution is 0.496. The van der Waals surface area contributed by atoms with Crippen LogP contribution in [-0.4, -0.2) is 0 Å². The van der Waals surface area contributed by atoms with Gasteiger partial charge >= 0.3 is 0 Å². The minimum absolute atomic E-state index is 0.0698. The lowest BCUT2D eigenvalue weighted by atomic mass is 10.2. The second kappa shape index (κ2) is 5.61. The first-order valence-electron chi connectivity index (χ1n) is 5.30. The van der Waals surface area contributed by atoms with Gasteiger partial charge in [0.1, 0.15) is 11.6 Å². The molecule has 2 aromatic carbocycles. The zero-order chi connectivity index (χ0) is 14.0. The van der Waals surface area contributed by atoms with Crippen molar-refractivity contribution in [3.05, 3.63) is 63.6 Å². The zero-order valence-electron chi connectivity index (χ0n) is 9.48. The normalized spacial score (nSPS) is 10.6. The van der Waals surface area contributed by atoms with Crippen molar-refractivity contribution in [2.24, 2.45) is 0 Å². The maximum Gasteiger partial charge on any atom is 0.161 e. The molecule has 0 unspecified atom stereocenters. The van der Waals surface area contributed by atoms with Crippen LogP contribution in [0.15, 0.2) is 34.8 Å². The monoisotopic (exact) mass is 333 g/mol. The Bertz CT molecular complexity index is 616. The van der Waals surface area contributed by atoms with Crippen LogP contribution in [0, 0.1) is 23.3 Å². The van der Waals surface area contributed by atoms with E-state index in [0.29, 0.717) is 11.6 Å². The number of rotatable bonds is 3. The van der Waals surface area contributed by atoms with Crippen molar-refractivity contribution in [1.82, 2.24) is 0 Å². The first-order chi connectivity index (χ1) is 8.99. The van der Waals surface area contributed by atoms with Crippen LogP contribution in [0.3, 0.4) is 0 Å². The predicted molar refractivity (Wildman–Crippen MR) is 67.7 cm³/mol. The number of anilines is 1. The van der Waals surface area contributed by atoms with Crippen LogP contribution >= 0.6 is 15.9 Å². The molecule has 0 fully saturated rings. The zero-order valence-corrected chi connectivity index (χ0v) is 11.1. The van der Waals surface area contributed by atoms with E-state index in [0.717, 1.165) is 6.07 Å². The van der Waals surface area contributed by atoms with E-state index < -0.39 is 23.3 Å². The molecule has 0 saturated carbocycles. The molecule has 2 rings (SSSR count). The topological polar surface area (TPSA) is 12.0 Å². The summed E-state index contributed by atoms with van der Waals surface area (Å²) >= 11 is 3.06. The molecular formula is C13H8BrF4N. The summed E-state index contributed by atoms with van der Waals surface area (Å²) in [6.07, 6.45) is 0. The van der Waals surface area contributed by atoms with Gasteiger partial charge in [0.2, 0.25) is 0 Å². The van der Waals surface area contributed by atoms with Gasteiger partial charge in [0, 0.05) is 18.7 Å². The quantitative estimate of drug-likeness (QED) is 0.638. The molecule has 19 heavy (non-hydrogen) atoms. The Morgan fingerprint density at radius 2 is 1.58 bits per heavy atom. The van der Waals surface area contributed by atoms with Crippen LogP contribution in [-0.2, 0) is 6.54 Å². The highest BCUT2D eigenvalue weighted by Crippen LogP contribution is 2.23. The molecule has 0 saturated heterocycles. The van der Waals surface area contributed by atoms with E-state index in [2.05, 4.69) is 21.2 Å². The Labute approximate surface area is 115 Å². The fraction of sp³-hybridized carbons (Fsp3) is 0.0769. The second-order valence-corrected chi connectivity index (χ2v) is 4.61. The number of nitrogens with one attached hydrogen (secondary N) is 1. The minimum atomic E-state index is -1.25. The molecule has 6 heteroatoms. The van der Waals surface area contributed by atoms with E-state index in [-0.39, 0.29) is 16.7 Å². The van der Waals surface area contributed by atoms with Gasteiger partial charge in [-0.1, -0.05) is 12.1 Å². The van der Waals surface area contributed by atoms with E-state index in [1.165, 1.54) is 12.1 Å². The van der Waals surface area contributed by atoms with Crippen molar-refractivity contribution in [2.75, 3.05) is 5.32 Å². The molecule has 1 N–H and O–H groups in total. The highest BCUT2D eigenvalue weighted by Gasteiger charge is 2.10. The van der Waals surface area contributed by atoms with Crippen molar-refractivity contribution < 1.29 is 17.6 Å². The molecule has 100 valence electrons. The Kier molecular flexibility index (Phi) is 4.09. The minimum Gasteiger partial charge on any atom is -0.378 e. The first kappa shape index (κ1) is 13.9. The van der Waals surface area contributed by atoms with Crippen LogP contribution in [0.2, 0.25) is 0 Å². The smallest absolute Gasteiger partial charge is 0.161 e. The fourth-order valence-electron chi connectivity index (χ4n) is 1.53. The van der Waals surface area contributed by atoms with Crippen LogP contribution in [0.1, 0.15) is 5.56 Å². The molecule has 0 aromatic heterocycles. The summed E-state index contributed by atoms with van der Waals surface area (Å²) in [7, 11) is 0. The number of hydrogen-bond donors (Lipinski definition) is 1. The predicted octanol–water partition coefficient (Wildman–Crippen LogP) is 4.62. The van der Waals surface area contributed by atoms with Gasteiger partial charge in [0.15, 0.2) is 11.6 Å². The SMILES string of the molecule is Fc1cc(F)c(NCc2cccc(F)c2Br)cc1F. The van der Waals surface area contributed by atoms with Gasteiger partial charge in [-0.3, -0.25) is 0 Å². The molecular weight excluding hydrogens is 326 g/mol. The molecule has 0 radical (unpaired) electrons. The highest BCUT2D eigenvalue weighted by atomic mass is 79.9. The van der Waals surface area contributed by atoms with Gasteiger partial charge in [-0.05, 0) is 27.6 Å². The lowest BCUT2D eigenvalue weighted by Crippen LogP contribution is -2.04. The van der Waals surface area contributed by atoms with Crippen LogP contribution in [0.25, 0.3) is 0 Å². The Morgan fingerprint density at radius 1 is 0.895 bits per heavy atom. The molecule has 0 atom stereocenters. The van der Waals surface area contributed by atoms with Gasteiger partial charge in [-0.25, -0.2) is 17.6 Å². The summed E-state index contributed by atoms with van der Waals surface area (Å²) < 4.78 is 52.6. The molecule has 0 amide bonds. The number of hydrogen-bond acceptors (Lipinski definition) is 1. The lowest BCUT2D eigenvalue weighted by Gasteiger charge is -2.10. The first-order valence-corrected chi connectivity index (χ1v) is 6.09. The van der Waals surface area contributed by atoms with Crippen molar-refractivity contribution in [3.63, 3.8) is 0 Å². The molecule has 2 aromatic rings. The Hall–Kier alpha value is -1.56. The Morgan fingerprint density at radius 3 is 2.32 bits per heavy atom. The standard InChI is InChI=1S/C13H8BrF4N/c14-13-7(2-1-3-8(13)15)6-19-12-5-10(17)9(16)4-11(12)18/h1-5,19H,6H2. The summed E-state index contributed by atoms with van der Waals surface area (Å²) in [5, 5.41) is 2.59. The summed E-state index contributed by atoms with van der Waals surface area (Å²) in [5.74, 6) is -3.77. The molecule has 1 nitrogen and oxygen atoms in total. The molecule has 0 heterocycles. The highest BCUT2D eigenvalue weighted by molar-refractivity contribution is 9.10. The van der Waals surface area contributed by atoms with E-state index >= 15 is 0 Å². The molecule has 0 aliphatic rings.